The summed E-state index contributed by atoms with van der Waals surface area (Å²) in [5, 5.41) is 3.56. The minimum absolute atomic E-state index is 0.0888. The quantitative estimate of drug-likeness (QED) is 0.637. The van der Waals surface area contributed by atoms with E-state index in [4.69, 9.17) is 11.6 Å². The van der Waals surface area contributed by atoms with Crippen molar-refractivity contribution in [1.29, 1.82) is 0 Å². The zero-order chi connectivity index (χ0) is 13.0. The average molecular weight is 366 g/mol. The molecule has 1 aromatic rings. The fourth-order valence-corrected chi connectivity index (χ4v) is 2.90. The highest BCUT2D eigenvalue weighted by Gasteiger charge is 2.18. The third-order valence-electron chi connectivity index (χ3n) is 2.72. The van der Waals surface area contributed by atoms with E-state index in [1.54, 1.807) is 6.07 Å². The first-order valence-electron chi connectivity index (χ1n) is 5.59. The summed E-state index contributed by atoms with van der Waals surface area (Å²) in [4.78, 5) is 12.1. The van der Waals surface area contributed by atoms with Crippen LogP contribution in [0.15, 0.2) is 18.2 Å². The normalized spacial score (nSPS) is 12.6. The van der Waals surface area contributed by atoms with Gasteiger partial charge in [0.2, 0.25) is 0 Å². The molecule has 4 heteroatoms. The Morgan fingerprint density at radius 3 is 2.65 bits per heavy atom. The number of aryl methyl sites for hydroxylation is 1. The molecular weight excluding hydrogens is 349 g/mol. The smallest absolute Gasteiger partial charge is 0.253 e. The number of halogens is 2. The number of carbonyl (C=O) groups is 1. The van der Waals surface area contributed by atoms with Crippen LogP contribution < -0.4 is 5.32 Å². The van der Waals surface area contributed by atoms with E-state index >= 15 is 0 Å². The van der Waals surface area contributed by atoms with Gasteiger partial charge < -0.3 is 5.32 Å². The van der Waals surface area contributed by atoms with Gasteiger partial charge in [-0.1, -0.05) is 60.2 Å². The number of amides is 1. The Morgan fingerprint density at radius 2 is 2.12 bits per heavy atom. The standard InChI is InChI=1S/C13H17ClINO/c1-8(2)11(7-15)16-13(17)10-6-4-5-9(3)12(10)14/h4-6,8,11H,7H2,1-3H3,(H,16,17). The molecule has 0 aliphatic heterocycles. The number of alkyl halides is 1. The van der Waals surface area contributed by atoms with Crippen LogP contribution in [-0.2, 0) is 0 Å². The van der Waals surface area contributed by atoms with Crippen LogP contribution in [0, 0.1) is 12.8 Å². The molecule has 0 aliphatic rings. The summed E-state index contributed by atoms with van der Waals surface area (Å²) in [5.41, 5.74) is 1.48. The molecule has 1 atom stereocenters. The van der Waals surface area contributed by atoms with Crippen LogP contribution in [0.2, 0.25) is 5.02 Å². The van der Waals surface area contributed by atoms with Gasteiger partial charge in [-0.05, 0) is 24.5 Å². The minimum atomic E-state index is -0.0888. The van der Waals surface area contributed by atoms with Gasteiger partial charge in [0, 0.05) is 10.5 Å². The number of carbonyl (C=O) groups excluding carboxylic acids is 1. The van der Waals surface area contributed by atoms with Gasteiger partial charge in [-0.3, -0.25) is 4.79 Å². The summed E-state index contributed by atoms with van der Waals surface area (Å²) in [6.07, 6.45) is 0. The molecule has 0 fully saturated rings. The second kappa shape index (κ2) is 6.59. The van der Waals surface area contributed by atoms with Crippen LogP contribution >= 0.6 is 34.2 Å². The number of nitrogens with one attached hydrogen (secondary N) is 1. The molecule has 94 valence electrons. The lowest BCUT2D eigenvalue weighted by Crippen LogP contribution is -2.39. The Balaban J connectivity index is 2.86. The van der Waals surface area contributed by atoms with Gasteiger partial charge in [0.25, 0.3) is 5.91 Å². The van der Waals surface area contributed by atoms with Crippen molar-refractivity contribution in [2.75, 3.05) is 4.43 Å². The molecule has 0 radical (unpaired) electrons. The summed E-state index contributed by atoms with van der Waals surface area (Å²) in [6.45, 7) is 6.10. The Kier molecular flexibility index (Phi) is 5.73. The fourth-order valence-electron chi connectivity index (χ4n) is 1.45. The van der Waals surface area contributed by atoms with Gasteiger partial charge in [0.15, 0.2) is 0 Å². The van der Waals surface area contributed by atoms with E-state index in [0.29, 0.717) is 16.5 Å². The summed E-state index contributed by atoms with van der Waals surface area (Å²) in [6, 6.07) is 5.69. The minimum Gasteiger partial charge on any atom is -0.348 e. The molecule has 0 aliphatic carbocycles. The van der Waals surface area contributed by atoms with E-state index in [0.717, 1.165) is 9.99 Å². The molecule has 1 aromatic carbocycles. The van der Waals surface area contributed by atoms with Crippen LogP contribution in [0.1, 0.15) is 29.8 Å². The van der Waals surface area contributed by atoms with Gasteiger partial charge in [-0.25, -0.2) is 0 Å². The molecule has 0 heterocycles. The number of hydrogen-bond acceptors (Lipinski definition) is 1. The Labute approximate surface area is 121 Å². The van der Waals surface area contributed by atoms with Crippen molar-refractivity contribution in [3.8, 4) is 0 Å². The Hall–Kier alpha value is -0.290. The largest absolute Gasteiger partial charge is 0.348 e. The van der Waals surface area contributed by atoms with Gasteiger partial charge in [0.05, 0.1) is 10.6 Å². The third kappa shape index (κ3) is 3.85. The van der Waals surface area contributed by atoms with Gasteiger partial charge in [-0.2, -0.15) is 0 Å². The first kappa shape index (κ1) is 14.8. The third-order valence-corrected chi connectivity index (χ3v) is 4.17. The summed E-state index contributed by atoms with van der Waals surface area (Å²) in [7, 11) is 0. The molecule has 1 N–H and O–H groups in total. The van der Waals surface area contributed by atoms with Crippen molar-refractivity contribution in [3.05, 3.63) is 34.3 Å². The molecular formula is C13H17ClINO. The average Bonchev–Trinajstić information content (AvgIpc) is 2.28. The van der Waals surface area contributed by atoms with Crippen molar-refractivity contribution in [1.82, 2.24) is 5.32 Å². The zero-order valence-corrected chi connectivity index (χ0v) is 13.2. The lowest BCUT2D eigenvalue weighted by molar-refractivity contribution is 0.0932. The van der Waals surface area contributed by atoms with E-state index in [-0.39, 0.29) is 11.9 Å². The number of benzene rings is 1. The number of hydrogen-bond donors (Lipinski definition) is 1. The Morgan fingerprint density at radius 1 is 1.47 bits per heavy atom. The highest BCUT2D eigenvalue weighted by atomic mass is 127. The maximum absolute atomic E-state index is 12.1. The van der Waals surface area contributed by atoms with E-state index in [1.807, 2.05) is 19.1 Å². The van der Waals surface area contributed by atoms with Crippen LogP contribution in [0.3, 0.4) is 0 Å². The molecule has 1 unspecified atom stereocenters. The summed E-state index contributed by atoms with van der Waals surface area (Å²) >= 11 is 8.42. The SMILES string of the molecule is Cc1cccc(C(=O)NC(CI)C(C)C)c1Cl. The second-order valence-corrected chi connectivity index (χ2v) is 5.67. The van der Waals surface area contributed by atoms with Crippen molar-refractivity contribution in [3.63, 3.8) is 0 Å². The predicted octanol–water partition coefficient (Wildman–Crippen LogP) is 3.84. The molecule has 2 nitrogen and oxygen atoms in total. The maximum atomic E-state index is 12.1. The van der Waals surface area contributed by atoms with Gasteiger partial charge >= 0.3 is 0 Å². The molecule has 0 saturated carbocycles. The molecule has 17 heavy (non-hydrogen) atoms. The summed E-state index contributed by atoms with van der Waals surface area (Å²) in [5.74, 6) is 0.327. The van der Waals surface area contributed by atoms with Crippen LogP contribution in [0.25, 0.3) is 0 Å². The van der Waals surface area contributed by atoms with Gasteiger partial charge in [0.1, 0.15) is 0 Å². The monoisotopic (exact) mass is 365 g/mol. The molecule has 0 aromatic heterocycles. The molecule has 0 saturated heterocycles. The van der Waals surface area contributed by atoms with E-state index in [2.05, 4.69) is 41.8 Å². The van der Waals surface area contributed by atoms with Crippen molar-refractivity contribution in [2.45, 2.75) is 26.8 Å². The van der Waals surface area contributed by atoms with Crippen molar-refractivity contribution in [2.24, 2.45) is 5.92 Å². The first-order valence-corrected chi connectivity index (χ1v) is 7.49. The van der Waals surface area contributed by atoms with E-state index in [1.165, 1.54) is 0 Å². The molecule has 1 rings (SSSR count). The predicted molar refractivity (Wildman–Crippen MR) is 81.2 cm³/mol. The fraction of sp³-hybridized carbons (Fsp3) is 0.462. The first-order chi connectivity index (χ1) is 7.97. The maximum Gasteiger partial charge on any atom is 0.253 e. The van der Waals surface area contributed by atoms with E-state index in [9.17, 15) is 4.79 Å². The van der Waals surface area contributed by atoms with E-state index < -0.39 is 0 Å². The highest BCUT2D eigenvalue weighted by Crippen LogP contribution is 2.20. The summed E-state index contributed by atoms with van der Waals surface area (Å²) < 4.78 is 0.893. The molecule has 0 bridgehead atoms. The second-order valence-electron chi connectivity index (χ2n) is 4.41. The zero-order valence-electron chi connectivity index (χ0n) is 10.3. The highest BCUT2D eigenvalue weighted by molar-refractivity contribution is 14.1. The van der Waals surface area contributed by atoms with Crippen LogP contribution in [0.5, 0.6) is 0 Å². The van der Waals surface area contributed by atoms with Crippen molar-refractivity contribution >= 4 is 40.1 Å². The molecule has 1 amide bonds. The topological polar surface area (TPSA) is 29.1 Å². The number of rotatable bonds is 4. The lowest BCUT2D eigenvalue weighted by Gasteiger charge is -2.20. The van der Waals surface area contributed by atoms with Crippen molar-refractivity contribution < 1.29 is 4.79 Å². The van der Waals surface area contributed by atoms with Crippen LogP contribution in [0.4, 0.5) is 0 Å². The lowest BCUT2D eigenvalue weighted by atomic mass is 10.1. The van der Waals surface area contributed by atoms with Crippen LogP contribution in [-0.4, -0.2) is 16.4 Å². The molecule has 0 spiro atoms. The Bertz CT molecular complexity index is 406. The van der Waals surface area contributed by atoms with Gasteiger partial charge in [-0.15, -0.1) is 0 Å².